The second-order valence-electron chi connectivity index (χ2n) is 6.47. The first-order chi connectivity index (χ1) is 12.0. The topological polar surface area (TPSA) is 58.6 Å². The Morgan fingerprint density at radius 2 is 1.76 bits per heavy atom. The second-order valence-corrected chi connectivity index (χ2v) is 6.47. The van der Waals surface area contributed by atoms with Crippen molar-refractivity contribution >= 4 is 23.2 Å². The largest absolute Gasteiger partial charge is 0.497 e. The highest BCUT2D eigenvalue weighted by Crippen LogP contribution is 2.27. The van der Waals surface area contributed by atoms with Gasteiger partial charge in [0, 0.05) is 24.3 Å². The molecular formula is C20H22N2O3. The highest BCUT2D eigenvalue weighted by Gasteiger charge is 2.35. The zero-order chi connectivity index (χ0) is 18.0. The first-order valence-corrected chi connectivity index (χ1v) is 8.30. The lowest BCUT2D eigenvalue weighted by Gasteiger charge is -2.17. The molecule has 1 heterocycles. The third-order valence-electron chi connectivity index (χ3n) is 4.37. The van der Waals surface area contributed by atoms with Gasteiger partial charge in [-0.3, -0.25) is 9.59 Å². The van der Waals surface area contributed by atoms with Crippen molar-refractivity contribution in [3.05, 3.63) is 53.6 Å². The number of hydrogen-bond donors (Lipinski definition) is 1. The highest BCUT2D eigenvalue weighted by atomic mass is 16.5. The third-order valence-corrected chi connectivity index (χ3v) is 4.37. The maximum atomic E-state index is 12.6. The molecule has 0 bridgehead atoms. The molecule has 1 aliphatic heterocycles. The standard InChI is InChI=1S/C20H22N2O3/c1-13-8-14(2)10-16(9-13)21-20(24)15-11-19(23)22(12-15)17-4-6-18(25-3)7-5-17/h4-10,15H,11-12H2,1-3H3,(H,21,24)/t15-/m1/s1. The van der Waals surface area contributed by atoms with Gasteiger partial charge < -0.3 is 15.0 Å². The molecule has 5 nitrogen and oxygen atoms in total. The van der Waals surface area contributed by atoms with E-state index in [-0.39, 0.29) is 24.2 Å². The van der Waals surface area contributed by atoms with Crippen LogP contribution in [0.1, 0.15) is 17.5 Å². The van der Waals surface area contributed by atoms with Gasteiger partial charge in [0.1, 0.15) is 5.75 Å². The van der Waals surface area contributed by atoms with Crippen molar-refractivity contribution in [2.24, 2.45) is 5.92 Å². The number of aryl methyl sites for hydroxylation is 2. The van der Waals surface area contributed by atoms with E-state index >= 15 is 0 Å². The molecule has 130 valence electrons. The van der Waals surface area contributed by atoms with E-state index in [0.717, 1.165) is 28.3 Å². The average molecular weight is 338 g/mol. The molecule has 25 heavy (non-hydrogen) atoms. The summed E-state index contributed by atoms with van der Waals surface area (Å²) in [7, 11) is 1.60. The predicted octanol–water partition coefficient (Wildman–Crippen LogP) is 3.30. The molecule has 0 aromatic heterocycles. The predicted molar refractivity (Wildman–Crippen MR) is 98.0 cm³/mol. The fourth-order valence-electron chi connectivity index (χ4n) is 3.19. The number of benzene rings is 2. The minimum Gasteiger partial charge on any atom is -0.497 e. The molecule has 1 atom stereocenters. The minimum absolute atomic E-state index is 0.0364. The van der Waals surface area contributed by atoms with E-state index < -0.39 is 0 Å². The number of carbonyl (C=O) groups excluding carboxylic acids is 2. The van der Waals surface area contributed by atoms with Crippen molar-refractivity contribution in [1.82, 2.24) is 0 Å². The van der Waals surface area contributed by atoms with E-state index in [1.54, 1.807) is 12.0 Å². The van der Waals surface area contributed by atoms with Crippen LogP contribution in [0, 0.1) is 19.8 Å². The Labute approximate surface area is 147 Å². The number of amides is 2. The fraction of sp³-hybridized carbons (Fsp3) is 0.300. The molecule has 1 fully saturated rings. The van der Waals surface area contributed by atoms with Gasteiger partial charge in [-0.2, -0.15) is 0 Å². The quantitative estimate of drug-likeness (QED) is 0.930. The van der Waals surface area contributed by atoms with E-state index in [1.165, 1.54) is 0 Å². The van der Waals surface area contributed by atoms with Gasteiger partial charge >= 0.3 is 0 Å². The summed E-state index contributed by atoms with van der Waals surface area (Å²) in [5, 5.41) is 2.94. The molecule has 0 unspecified atom stereocenters. The van der Waals surface area contributed by atoms with Crippen LogP contribution < -0.4 is 15.0 Å². The van der Waals surface area contributed by atoms with Crippen LogP contribution in [-0.2, 0) is 9.59 Å². The Kier molecular flexibility index (Phi) is 4.74. The second kappa shape index (κ2) is 6.97. The van der Waals surface area contributed by atoms with E-state index in [9.17, 15) is 9.59 Å². The summed E-state index contributed by atoms with van der Waals surface area (Å²) in [6.45, 7) is 4.38. The van der Waals surface area contributed by atoms with Gasteiger partial charge in [-0.25, -0.2) is 0 Å². The van der Waals surface area contributed by atoms with Crippen molar-refractivity contribution < 1.29 is 14.3 Å². The minimum atomic E-state index is -0.351. The number of carbonyl (C=O) groups is 2. The number of rotatable bonds is 4. The number of nitrogens with zero attached hydrogens (tertiary/aromatic N) is 1. The zero-order valence-corrected chi connectivity index (χ0v) is 14.7. The van der Waals surface area contributed by atoms with Crippen LogP contribution in [0.15, 0.2) is 42.5 Å². The van der Waals surface area contributed by atoms with Crippen molar-refractivity contribution in [2.75, 3.05) is 23.9 Å². The van der Waals surface area contributed by atoms with Gasteiger partial charge in [-0.1, -0.05) is 6.07 Å². The summed E-state index contributed by atoms with van der Waals surface area (Å²) in [4.78, 5) is 26.5. The Morgan fingerprint density at radius 1 is 1.12 bits per heavy atom. The Hall–Kier alpha value is -2.82. The average Bonchev–Trinajstić information content (AvgIpc) is 2.96. The zero-order valence-electron chi connectivity index (χ0n) is 14.7. The summed E-state index contributed by atoms with van der Waals surface area (Å²) < 4.78 is 5.14. The molecule has 0 radical (unpaired) electrons. The van der Waals surface area contributed by atoms with E-state index in [4.69, 9.17) is 4.74 Å². The number of ether oxygens (including phenoxy) is 1. The molecule has 1 N–H and O–H groups in total. The van der Waals surface area contributed by atoms with E-state index in [2.05, 4.69) is 11.4 Å². The van der Waals surface area contributed by atoms with Crippen LogP contribution in [0.25, 0.3) is 0 Å². The maximum absolute atomic E-state index is 12.6. The summed E-state index contributed by atoms with van der Waals surface area (Å²) in [5.74, 6) is 0.232. The number of anilines is 2. The van der Waals surface area contributed by atoms with Crippen molar-refractivity contribution in [1.29, 1.82) is 0 Å². The van der Waals surface area contributed by atoms with Gasteiger partial charge in [0.05, 0.1) is 13.0 Å². The van der Waals surface area contributed by atoms with Crippen molar-refractivity contribution in [3.63, 3.8) is 0 Å². The molecular weight excluding hydrogens is 316 g/mol. The number of hydrogen-bond acceptors (Lipinski definition) is 3. The molecule has 2 aromatic rings. The Bertz CT molecular complexity index is 779. The van der Waals surface area contributed by atoms with Gasteiger partial charge in [0.25, 0.3) is 0 Å². The van der Waals surface area contributed by atoms with Crippen LogP contribution in [0.5, 0.6) is 5.75 Å². The maximum Gasteiger partial charge on any atom is 0.229 e. The van der Waals surface area contributed by atoms with Crippen LogP contribution in [0.3, 0.4) is 0 Å². The van der Waals surface area contributed by atoms with Gasteiger partial charge in [-0.15, -0.1) is 0 Å². The molecule has 1 aliphatic rings. The summed E-state index contributed by atoms with van der Waals surface area (Å²) in [6, 6.07) is 13.2. The normalized spacial score (nSPS) is 16.8. The summed E-state index contributed by atoms with van der Waals surface area (Å²) in [5.41, 5.74) is 3.75. The SMILES string of the molecule is COc1ccc(N2C[C@H](C(=O)Nc3cc(C)cc(C)c3)CC2=O)cc1. The van der Waals surface area contributed by atoms with Crippen molar-refractivity contribution in [3.8, 4) is 5.75 Å². The highest BCUT2D eigenvalue weighted by molar-refractivity contribution is 6.03. The van der Waals surface area contributed by atoms with E-state index in [0.29, 0.717) is 6.54 Å². The van der Waals surface area contributed by atoms with Gasteiger partial charge in [-0.05, 0) is 61.4 Å². The van der Waals surface area contributed by atoms with Gasteiger partial charge in [0.2, 0.25) is 11.8 Å². The number of methoxy groups -OCH3 is 1. The van der Waals surface area contributed by atoms with Crippen LogP contribution >= 0.6 is 0 Å². The smallest absolute Gasteiger partial charge is 0.229 e. The lowest BCUT2D eigenvalue weighted by molar-refractivity contribution is -0.122. The van der Waals surface area contributed by atoms with Crippen LogP contribution in [-0.4, -0.2) is 25.5 Å². The molecule has 2 amide bonds. The molecule has 0 spiro atoms. The van der Waals surface area contributed by atoms with Crippen molar-refractivity contribution in [2.45, 2.75) is 20.3 Å². The van der Waals surface area contributed by atoms with E-state index in [1.807, 2.05) is 50.2 Å². The Balaban J connectivity index is 1.69. The molecule has 0 saturated carbocycles. The van der Waals surface area contributed by atoms with Gasteiger partial charge in [0.15, 0.2) is 0 Å². The van der Waals surface area contributed by atoms with Crippen LogP contribution in [0.2, 0.25) is 0 Å². The number of nitrogens with one attached hydrogen (secondary N) is 1. The Morgan fingerprint density at radius 3 is 2.36 bits per heavy atom. The van der Waals surface area contributed by atoms with Crippen LogP contribution in [0.4, 0.5) is 11.4 Å². The molecule has 1 saturated heterocycles. The first-order valence-electron chi connectivity index (χ1n) is 8.30. The summed E-state index contributed by atoms with van der Waals surface area (Å²) >= 11 is 0. The summed E-state index contributed by atoms with van der Waals surface area (Å²) in [6.07, 6.45) is 0.225. The first kappa shape index (κ1) is 17.0. The molecule has 3 rings (SSSR count). The monoisotopic (exact) mass is 338 g/mol. The third kappa shape index (κ3) is 3.82. The lowest BCUT2D eigenvalue weighted by Crippen LogP contribution is -2.28. The molecule has 5 heteroatoms. The lowest BCUT2D eigenvalue weighted by atomic mass is 10.1. The molecule has 0 aliphatic carbocycles. The molecule has 2 aromatic carbocycles. The fourth-order valence-corrected chi connectivity index (χ4v) is 3.19.